The number of benzene rings is 1. The van der Waals surface area contributed by atoms with Gasteiger partial charge in [0.05, 0.1) is 0 Å². The smallest absolute Gasteiger partial charge is 0.780 e. The minimum atomic E-state index is 0. The monoisotopic (exact) mass is 194 g/mol. The van der Waals surface area contributed by atoms with Gasteiger partial charge in [-0.05, 0) is 0 Å². The maximum absolute atomic E-state index is 4.81. The van der Waals surface area contributed by atoms with E-state index < -0.39 is 0 Å². The molecule has 0 spiro atoms. The molecule has 1 rings (SSSR count). The molecule has 0 nitrogen and oxygen atoms in total. The van der Waals surface area contributed by atoms with E-state index in [1.54, 1.807) is 0 Å². The van der Waals surface area contributed by atoms with E-state index in [1.165, 1.54) is 0 Å². The second-order valence-electron chi connectivity index (χ2n) is 1.31. The Morgan fingerprint density at radius 1 is 1.00 bits per heavy atom. The second-order valence-corrected chi connectivity index (χ2v) is 1.78. The average molecular weight is 195 g/mol. The van der Waals surface area contributed by atoms with Gasteiger partial charge in [-0.3, -0.25) is 0 Å². The molecule has 0 aromatic heterocycles. The zero-order valence-electron chi connectivity index (χ0n) is 4.79. The number of hydrogen-bond donors (Lipinski definition) is 0. The Balaban J connectivity index is 0.000000490. The quantitative estimate of drug-likeness (QED) is 0.458. The van der Waals surface area contributed by atoms with Crippen LogP contribution in [0.25, 0.3) is 0 Å². The SMILES string of the molecule is [Rb+].[S-]c1ccccc1. The molecule has 0 aliphatic heterocycles. The van der Waals surface area contributed by atoms with Crippen LogP contribution in [0.3, 0.4) is 0 Å². The molecule has 0 amide bonds. The van der Waals surface area contributed by atoms with Gasteiger partial charge >= 0.3 is 58.2 Å². The van der Waals surface area contributed by atoms with Gasteiger partial charge in [-0.15, -0.1) is 0 Å². The van der Waals surface area contributed by atoms with Crippen LogP contribution in [0.4, 0.5) is 0 Å². The van der Waals surface area contributed by atoms with Gasteiger partial charge in [0, 0.05) is 0 Å². The van der Waals surface area contributed by atoms with Crippen molar-refractivity contribution >= 4 is 12.6 Å². The molecule has 0 radical (unpaired) electrons. The summed E-state index contributed by atoms with van der Waals surface area (Å²) in [6.07, 6.45) is 0. The van der Waals surface area contributed by atoms with Crippen molar-refractivity contribution in [1.82, 2.24) is 0 Å². The fourth-order valence-electron chi connectivity index (χ4n) is 0.420. The van der Waals surface area contributed by atoms with Crippen molar-refractivity contribution in [2.24, 2.45) is 0 Å². The zero-order valence-corrected chi connectivity index (χ0v) is 10.5. The summed E-state index contributed by atoms with van der Waals surface area (Å²) in [5, 5.41) is 0. The summed E-state index contributed by atoms with van der Waals surface area (Å²) < 4.78 is 0. The van der Waals surface area contributed by atoms with E-state index in [4.69, 9.17) is 12.6 Å². The van der Waals surface area contributed by atoms with Crippen LogP contribution in [-0.4, -0.2) is 0 Å². The molecular weight excluding hydrogens is 190 g/mol. The first kappa shape index (κ1) is 9.25. The van der Waals surface area contributed by atoms with Crippen molar-refractivity contribution in [3.05, 3.63) is 30.3 Å². The molecule has 8 heavy (non-hydrogen) atoms. The van der Waals surface area contributed by atoms with Crippen molar-refractivity contribution in [3.63, 3.8) is 0 Å². The fourth-order valence-corrected chi connectivity index (χ4v) is 0.578. The molecule has 1 aromatic rings. The molecule has 0 aliphatic carbocycles. The van der Waals surface area contributed by atoms with E-state index >= 15 is 0 Å². The van der Waals surface area contributed by atoms with Gasteiger partial charge in [0.15, 0.2) is 0 Å². The predicted molar refractivity (Wildman–Crippen MR) is 32.1 cm³/mol. The summed E-state index contributed by atoms with van der Waals surface area (Å²) in [5.74, 6) is 0. The van der Waals surface area contributed by atoms with Gasteiger partial charge in [0.25, 0.3) is 0 Å². The Hall–Kier alpha value is 1.25. The largest absolute Gasteiger partial charge is 1.00 e. The van der Waals surface area contributed by atoms with E-state index in [-0.39, 0.29) is 58.2 Å². The van der Waals surface area contributed by atoms with Gasteiger partial charge in [-0.25, -0.2) is 0 Å². The minimum absolute atomic E-state index is 0. The third-order valence-electron chi connectivity index (χ3n) is 0.743. The Bertz CT molecular complexity index is 138. The first-order valence-electron chi connectivity index (χ1n) is 2.11. The van der Waals surface area contributed by atoms with E-state index in [2.05, 4.69) is 0 Å². The summed E-state index contributed by atoms with van der Waals surface area (Å²) in [6, 6.07) is 9.62. The van der Waals surface area contributed by atoms with Crippen LogP contribution in [0.5, 0.6) is 0 Å². The van der Waals surface area contributed by atoms with E-state index in [0.29, 0.717) is 0 Å². The molecular formula is C6H5RbS. The van der Waals surface area contributed by atoms with Crippen LogP contribution in [0.15, 0.2) is 35.2 Å². The fraction of sp³-hybridized carbons (Fsp3) is 0. The van der Waals surface area contributed by atoms with Gasteiger partial charge in [0.1, 0.15) is 0 Å². The molecule has 1 aromatic carbocycles. The number of rotatable bonds is 0. The van der Waals surface area contributed by atoms with E-state index in [1.807, 2.05) is 30.3 Å². The molecule has 0 saturated carbocycles. The van der Waals surface area contributed by atoms with Crippen LogP contribution in [-0.2, 0) is 12.6 Å². The normalized spacial score (nSPS) is 7.50. The molecule has 0 bridgehead atoms. The molecule has 0 heterocycles. The maximum atomic E-state index is 4.81. The minimum Gasteiger partial charge on any atom is -0.780 e. The molecule has 0 unspecified atom stereocenters. The van der Waals surface area contributed by atoms with Crippen LogP contribution in [0.2, 0.25) is 0 Å². The summed E-state index contributed by atoms with van der Waals surface area (Å²) in [6.45, 7) is 0. The van der Waals surface area contributed by atoms with Crippen molar-refractivity contribution in [2.45, 2.75) is 4.90 Å². The van der Waals surface area contributed by atoms with Crippen LogP contribution in [0, 0.1) is 0 Å². The Morgan fingerprint density at radius 2 is 1.50 bits per heavy atom. The van der Waals surface area contributed by atoms with Gasteiger partial charge < -0.3 is 12.6 Å². The van der Waals surface area contributed by atoms with Gasteiger partial charge in [-0.2, -0.15) is 4.90 Å². The topological polar surface area (TPSA) is 0 Å². The van der Waals surface area contributed by atoms with Crippen LogP contribution >= 0.6 is 0 Å². The molecule has 0 atom stereocenters. The predicted octanol–water partition coefficient (Wildman–Crippen LogP) is -1.40. The molecule has 36 valence electrons. The third-order valence-corrected chi connectivity index (χ3v) is 1.02. The standard InChI is InChI=1S/C6H6S.Rb/c7-6-4-2-1-3-5-6;/h1-5,7H;/q;+1/p-1. The van der Waals surface area contributed by atoms with E-state index in [9.17, 15) is 0 Å². The summed E-state index contributed by atoms with van der Waals surface area (Å²) in [5.41, 5.74) is 0. The molecule has 2 heteroatoms. The van der Waals surface area contributed by atoms with Crippen molar-refractivity contribution in [2.75, 3.05) is 0 Å². The zero-order chi connectivity index (χ0) is 5.11. The average Bonchev–Trinajstić information content (AvgIpc) is 1.69. The Morgan fingerprint density at radius 3 is 1.75 bits per heavy atom. The molecule has 0 aliphatic rings. The molecule has 0 saturated heterocycles. The van der Waals surface area contributed by atoms with E-state index in [0.717, 1.165) is 4.90 Å². The summed E-state index contributed by atoms with van der Waals surface area (Å²) in [4.78, 5) is 0.905. The van der Waals surface area contributed by atoms with Gasteiger partial charge in [-0.1, -0.05) is 30.3 Å². The van der Waals surface area contributed by atoms with Crippen molar-refractivity contribution in [1.29, 1.82) is 0 Å². The second kappa shape index (κ2) is 5.06. The molecule has 0 N–H and O–H groups in total. The van der Waals surface area contributed by atoms with Crippen LogP contribution < -0.4 is 58.2 Å². The Labute approximate surface area is 104 Å². The maximum Gasteiger partial charge on any atom is 1.00 e. The first-order valence-corrected chi connectivity index (χ1v) is 2.52. The van der Waals surface area contributed by atoms with Crippen LogP contribution in [0.1, 0.15) is 0 Å². The van der Waals surface area contributed by atoms with Crippen molar-refractivity contribution < 1.29 is 58.2 Å². The molecule has 0 fully saturated rings. The van der Waals surface area contributed by atoms with Crippen molar-refractivity contribution in [3.8, 4) is 0 Å². The summed E-state index contributed by atoms with van der Waals surface area (Å²) >= 11 is 4.81. The summed E-state index contributed by atoms with van der Waals surface area (Å²) in [7, 11) is 0. The van der Waals surface area contributed by atoms with Gasteiger partial charge in [0.2, 0.25) is 0 Å². The first-order chi connectivity index (χ1) is 3.39. The Kier molecular flexibility index (Phi) is 5.85. The number of hydrogen-bond acceptors (Lipinski definition) is 1. The third kappa shape index (κ3) is 3.31.